The average Bonchev–Trinajstić information content (AvgIpc) is 3.05. The van der Waals surface area contributed by atoms with Crippen LogP contribution in [0.4, 0.5) is 8.78 Å². The molecule has 0 aliphatic carbocycles. The molecule has 0 aromatic heterocycles. The number of fused-ring (bicyclic) bond motifs is 1. The normalized spacial score (nSPS) is 20.1. The van der Waals surface area contributed by atoms with Crippen LogP contribution in [-0.4, -0.2) is 58.5 Å². The monoisotopic (exact) mass is 481 g/mol. The van der Waals surface area contributed by atoms with E-state index in [-0.39, 0.29) is 41.4 Å². The van der Waals surface area contributed by atoms with E-state index in [9.17, 15) is 32.8 Å². The number of likely N-dealkylation sites (tertiary alicyclic amines) is 1. The van der Waals surface area contributed by atoms with E-state index in [0.29, 0.717) is 31.5 Å². The first-order chi connectivity index (χ1) is 16.7. The molecule has 0 radical (unpaired) electrons. The molecule has 3 heterocycles. The van der Waals surface area contributed by atoms with Gasteiger partial charge in [-0.3, -0.25) is 34.2 Å². The maximum absolute atomic E-state index is 13.4. The molecule has 2 fully saturated rings. The standard InChI is InChI=1S/C25H21F2N3O5/c26-17-7-6-15(10-18(17)27)23(33)29-11-13(12-29)4-5-14-2-1-3-16-21(14)25(35)30(24(16)34)19-8-9-20(31)28-22(19)32/h1-3,6-7,10,13,19H,4-5,8-9,11-12H2,(H,28,31,32). The highest BCUT2D eigenvalue weighted by molar-refractivity contribution is 6.24. The van der Waals surface area contributed by atoms with Gasteiger partial charge in [-0.1, -0.05) is 12.1 Å². The van der Waals surface area contributed by atoms with Gasteiger partial charge in [0.15, 0.2) is 11.6 Å². The summed E-state index contributed by atoms with van der Waals surface area (Å²) in [5.41, 5.74) is 1.28. The molecule has 2 aromatic carbocycles. The summed E-state index contributed by atoms with van der Waals surface area (Å²) in [6.45, 7) is 0.893. The topological polar surface area (TPSA) is 104 Å². The van der Waals surface area contributed by atoms with Gasteiger partial charge in [0.1, 0.15) is 6.04 Å². The summed E-state index contributed by atoms with van der Waals surface area (Å²) < 4.78 is 26.5. The van der Waals surface area contributed by atoms with E-state index in [1.165, 1.54) is 6.07 Å². The van der Waals surface area contributed by atoms with Crippen LogP contribution in [0.15, 0.2) is 36.4 Å². The van der Waals surface area contributed by atoms with Gasteiger partial charge in [-0.2, -0.15) is 0 Å². The lowest BCUT2D eigenvalue weighted by atomic mass is 9.90. The zero-order chi connectivity index (χ0) is 24.9. The first-order valence-electron chi connectivity index (χ1n) is 11.3. The predicted molar refractivity (Wildman–Crippen MR) is 117 cm³/mol. The van der Waals surface area contributed by atoms with Gasteiger partial charge in [0.2, 0.25) is 11.8 Å². The van der Waals surface area contributed by atoms with Gasteiger partial charge in [0.05, 0.1) is 11.1 Å². The van der Waals surface area contributed by atoms with Crippen molar-refractivity contribution in [3.8, 4) is 0 Å². The van der Waals surface area contributed by atoms with Gasteiger partial charge in [0.25, 0.3) is 17.7 Å². The second kappa shape index (κ2) is 8.68. The molecule has 0 saturated carbocycles. The number of hydrogen-bond donors (Lipinski definition) is 1. The van der Waals surface area contributed by atoms with Gasteiger partial charge < -0.3 is 4.90 Å². The number of piperidine rings is 1. The van der Waals surface area contributed by atoms with E-state index in [1.54, 1.807) is 23.1 Å². The van der Waals surface area contributed by atoms with Crippen molar-refractivity contribution in [1.82, 2.24) is 15.1 Å². The number of benzene rings is 2. The average molecular weight is 481 g/mol. The fourth-order valence-electron chi connectivity index (χ4n) is 4.88. The summed E-state index contributed by atoms with van der Waals surface area (Å²) in [5.74, 6) is -4.48. The van der Waals surface area contributed by atoms with Crippen molar-refractivity contribution >= 4 is 29.5 Å². The Morgan fingerprint density at radius 3 is 2.49 bits per heavy atom. The highest BCUT2D eigenvalue weighted by Gasteiger charge is 2.45. The van der Waals surface area contributed by atoms with E-state index < -0.39 is 41.3 Å². The highest BCUT2D eigenvalue weighted by Crippen LogP contribution is 2.32. The van der Waals surface area contributed by atoms with Crippen molar-refractivity contribution in [2.24, 2.45) is 5.92 Å². The first-order valence-corrected chi connectivity index (χ1v) is 11.3. The molecule has 180 valence electrons. The van der Waals surface area contributed by atoms with E-state index in [2.05, 4.69) is 5.32 Å². The summed E-state index contributed by atoms with van der Waals surface area (Å²) in [6.07, 6.45) is 1.29. The van der Waals surface area contributed by atoms with Crippen LogP contribution in [-0.2, 0) is 16.0 Å². The van der Waals surface area contributed by atoms with E-state index in [0.717, 1.165) is 17.0 Å². The molecule has 5 amide bonds. The number of hydrogen-bond acceptors (Lipinski definition) is 5. The molecule has 2 saturated heterocycles. The molecule has 1 N–H and O–H groups in total. The number of amides is 5. The van der Waals surface area contributed by atoms with Crippen LogP contribution in [0.2, 0.25) is 0 Å². The Balaban J connectivity index is 1.23. The Morgan fingerprint density at radius 1 is 1.00 bits per heavy atom. The summed E-state index contributed by atoms with van der Waals surface area (Å²) in [5, 5.41) is 2.18. The number of nitrogens with one attached hydrogen (secondary N) is 1. The number of nitrogens with zero attached hydrogens (tertiary/aromatic N) is 2. The summed E-state index contributed by atoms with van der Waals surface area (Å²) in [7, 11) is 0. The van der Waals surface area contributed by atoms with Crippen molar-refractivity contribution in [3.05, 3.63) is 70.3 Å². The lowest BCUT2D eigenvalue weighted by molar-refractivity contribution is -0.136. The maximum atomic E-state index is 13.4. The third kappa shape index (κ3) is 3.98. The zero-order valence-corrected chi connectivity index (χ0v) is 18.6. The predicted octanol–water partition coefficient (Wildman–Crippen LogP) is 2.07. The minimum atomic E-state index is -1.07. The molecule has 0 spiro atoms. The lowest BCUT2D eigenvalue weighted by Crippen LogP contribution is -2.54. The lowest BCUT2D eigenvalue weighted by Gasteiger charge is -2.39. The van der Waals surface area contributed by atoms with Crippen LogP contribution in [0, 0.1) is 17.6 Å². The zero-order valence-electron chi connectivity index (χ0n) is 18.6. The number of aryl methyl sites for hydroxylation is 1. The Labute approximate surface area is 198 Å². The molecule has 35 heavy (non-hydrogen) atoms. The summed E-state index contributed by atoms with van der Waals surface area (Å²) in [4.78, 5) is 64.8. The van der Waals surface area contributed by atoms with Gasteiger partial charge in [0, 0.05) is 25.1 Å². The third-order valence-electron chi connectivity index (χ3n) is 6.79. The quantitative estimate of drug-likeness (QED) is 0.659. The molecule has 1 atom stereocenters. The van der Waals surface area contributed by atoms with E-state index in [4.69, 9.17) is 0 Å². The summed E-state index contributed by atoms with van der Waals surface area (Å²) >= 11 is 0. The van der Waals surface area contributed by atoms with Crippen LogP contribution in [0.1, 0.15) is 55.9 Å². The second-order valence-corrected chi connectivity index (χ2v) is 9.03. The molecule has 3 aliphatic heterocycles. The first kappa shape index (κ1) is 22.8. The molecular formula is C25H21F2N3O5. The van der Waals surface area contributed by atoms with Crippen LogP contribution in [0.25, 0.3) is 0 Å². The molecule has 10 heteroatoms. The Morgan fingerprint density at radius 2 is 1.77 bits per heavy atom. The molecule has 3 aliphatic rings. The van der Waals surface area contributed by atoms with Crippen molar-refractivity contribution < 1.29 is 32.8 Å². The molecular weight excluding hydrogens is 460 g/mol. The third-order valence-corrected chi connectivity index (χ3v) is 6.79. The van der Waals surface area contributed by atoms with E-state index >= 15 is 0 Å². The maximum Gasteiger partial charge on any atom is 0.262 e. The smallest absolute Gasteiger partial charge is 0.262 e. The van der Waals surface area contributed by atoms with Crippen molar-refractivity contribution in [1.29, 1.82) is 0 Å². The van der Waals surface area contributed by atoms with Crippen LogP contribution in [0.3, 0.4) is 0 Å². The number of carbonyl (C=O) groups is 5. The van der Waals surface area contributed by atoms with Crippen molar-refractivity contribution in [2.75, 3.05) is 13.1 Å². The van der Waals surface area contributed by atoms with Gasteiger partial charge in [-0.15, -0.1) is 0 Å². The van der Waals surface area contributed by atoms with Gasteiger partial charge in [-0.25, -0.2) is 8.78 Å². The van der Waals surface area contributed by atoms with Gasteiger partial charge >= 0.3 is 0 Å². The number of carbonyl (C=O) groups excluding carboxylic acids is 5. The van der Waals surface area contributed by atoms with Crippen LogP contribution in [0.5, 0.6) is 0 Å². The number of imide groups is 2. The number of rotatable bonds is 5. The fourth-order valence-corrected chi connectivity index (χ4v) is 4.88. The van der Waals surface area contributed by atoms with Gasteiger partial charge in [-0.05, 0) is 55.0 Å². The van der Waals surface area contributed by atoms with Crippen LogP contribution < -0.4 is 5.32 Å². The van der Waals surface area contributed by atoms with Crippen molar-refractivity contribution in [3.63, 3.8) is 0 Å². The molecule has 5 rings (SSSR count). The van der Waals surface area contributed by atoms with E-state index in [1.807, 2.05) is 0 Å². The Bertz CT molecular complexity index is 1290. The van der Waals surface area contributed by atoms with Crippen LogP contribution >= 0.6 is 0 Å². The SMILES string of the molecule is O=C1CCC(N2C(=O)c3cccc(CCC4CN(C(=O)c5ccc(F)c(F)c5)C4)c3C2=O)C(=O)N1. The Hall–Kier alpha value is -3.95. The molecule has 1 unspecified atom stereocenters. The highest BCUT2D eigenvalue weighted by atomic mass is 19.2. The summed E-state index contributed by atoms with van der Waals surface area (Å²) in [6, 6.07) is 7.04. The fraction of sp³-hybridized carbons (Fsp3) is 0.320. The second-order valence-electron chi connectivity index (χ2n) is 9.03. The Kier molecular flexibility index (Phi) is 5.66. The minimum Gasteiger partial charge on any atom is -0.338 e. The molecule has 8 nitrogen and oxygen atoms in total. The molecule has 0 bridgehead atoms. The minimum absolute atomic E-state index is 0.0537. The number of halogens is 2. The molecule has 2 aromatic rings. The largest absolute Gasteiger partial charge is 0.338 e. The van der Waals surface area contributed by atoms with Crippen molar-refractivity contribution in [2.45, 2.75) is 31.7 Å².